The molecule has 1 nitrogen and oxygen atoms in total. The van der Waals surface area contributed by atoms with Gasteiger partial charge in [-0.2, -0.15) is 0 Å². The Hall–Kier alpha value is -1.02. The summed E-state index contributed by atoms with van der Waals surface area (Å²) in [7, 11) is 0. The van der Waals surface area contributed by atoms with Crippen LogP contribution in [0.4, 0.5) is 0 Å². The molecule has 1 aromatic heterocycles. The molecule has 0 amide bonds. The topological polar surface area (TPSA) is 13.1 Å². The molecule has 12 heavy (non-hydrogen) atoms. The highest BCUT2D eigenvalue weighted by Gasteiger charge is 2.04. The highest BCUT2D eigenvalue weighted by Crippen LogP contribution is 2.28. The first-order valence-electron chi connectivity index (χ1n) is 3.66. The van der Waals surface area contributed by atoms with Gasteiger partial charge in [0, 0.05) is 5.56 Å². The summed E-state index contributed by atoms with van der Waals surface area (Å²) >= 11 is 3.41. The van der Waals surface area contributed by atoms with Gasteiger partial charge in [0.15, 0.2) is 0 Å². The number of hydrogen-bond donors (Lipinski definition) is 0. The summed E-state index contributed by atoms with van der Waals surface area (Å²) in [5, 5.41) is 0. The molecule has 0 aliphatic heterocycles. The molecule has 2 rings (SSSR count). The van der Waals surface area contributed by atoms with Crippen LogP contribution >= 0.6 is 15.9 Å². The van der Waals surface area contributed by atoms with Gasteiger partial charge in [-0.15, -0.1) is 0 Å². The van der Waals surface area contributed by atoms with Gasteiger partial charge in [0.2, 0.25) is 0 Å². The molecular formula is C10H7BrO. The summed E-state index contributed by atoms with van der Waals surface area (Å²) < 4.78 is 6.30. The van der Waals surface area contributed by atoms with Crippen LogP contribution in [0.25, 0.3) is 11.3 Å². The molecule has 0 atom stereocenters. The predicted octanol–water partition coefficient (Wildman–Crippen LogP) is 3.71. The highest BCUT2D eigenvalue weighted by atomic mass is 79.9. The molecule has 1 heterocycles. The van der Waals surface area contributed by atoms with Crippen LogP contribution in [0.15, 0.2) is 51.6 Å². The molecular weight excluding hydrogens is 216 g/mol. The van der Waals surface area contributed by atoms with Crippen molar-refractivity contribution >= 4 is 15.9 Å². The van der Waals surface area contributed by atoms with Crippen LogP contribution in [0.1, 0.15) is 0 Å². The minimum Gasteiger partial charge on any atom is -0.463 e. The molecule has 0 aliphatic rings. The van der Waals surface area contributed by atoms with E-state index in [0.29, 0.717) is 0 Å². The average molecular weight is 223 g/mol. The Balaban J connectivity index is 2.51. The lowest BCUT2D eigenvalue weighted by molar-refractivity contribution is 0.581. The Morgan fingerprint density at radius 2 is 1.75 bits per heavy atom. The summed E-state index contributed by atoms with van der Waals surface area (Å²) in [5.74, 6) is 0.885. The van der Waals surface area contributed by atoms with Gasteiger partial charge in [0.1, 0.15) is 5.76 Å². The van der Waals surface area contributed by atoms with Crippen molar-refractivity contribution < 1.29 is 4.42 Å². The fraction of sp³-hybridized carbons (Fsp3) is 0. The van der Waals surface area contributed by atoms with E-state index >= 15 is 0 Å². The molecule has 0 aliphatic carbocycles. The van der Waals surface area contributed by atoms with Crippen LogP contribution in [-0.2, 0) is 0 Å². The van der Waals surface area contributed by atoms with E-state index in [1.165, 1.54) is 0 Å². The summed E-state index contributed by atoms with van der Waals surface area (Å²) in [6.45, 7) is 0. The van der Waals surface area contributed by atoms with Crippen LogP contribution in [0, 0.1) is 0 Å². The van der Waals surface area contributed by atoms with Crippen molar-refractivity contribution in [3.8, 4) is 11.3 Å². The van der Waals surface area contributed by atoms with Gasteiger partial charge >= 0.3 is 0 Å². The lowest BCUT2D eigenvalue weighted by Gasteiger charge is -1.95. The van der Waals surface area contributed by atoms with E-state index < -0.39 is 0 Å². The standard InChI is InChI=1S/C10H7BrO/c11-9-6-7-12-10(9)8-4-2-1-3-5-8/h1-7H. The number of furan rings is 1. The first kappa shape index (κ1) is 7.62. The Bertz CT molecular complexity index is 364. The molecule has 2 aromatic rings. The van der Waals surface area contributed by atoms with Crippen LogP contribution in [0.5, 0.6) is 0 Å². The number of benzene rings is 1. The fourth-order valence-corrected chi connectivity index (χ4v) is 1.52. The molecule has 60 valence electrons. The highest BCUT2D eigenvalue weighted by molar-refractivity contribution is 9.10. The zero-order valence-electron chi connectivity index (χ0n) is 6.33. The largest absolute Gasteiger partial charge is 0.463 e. The van der Waals surface area contributed by atoms with E-state index in [4.69, 9.17) is 4.42 Å². The average Bonchev–Trinajstić information content (AvgIpc) is 2.53. The first-order valence-corrected chi connectivity index (χ1v) is 4.45. The Morgan fingerprint density at radius 1 is 1.00 bits per heavy atom. The number of rotatable bonds is 1. The maximum atomic E-state index is 5.30. The smallest absolute Gasteiger partial charge is 0.148 e. The molecule has 0 bridgehead atoms. The second-order valence-electron chi connectivity index (χ2n) is 2.46. The summed E-state index contributed by atoms with van der Waals surface area (Å²) in [6, 6.07) is 11.9. The summed E-state index contributed by atoms with van der Waals surface area (Å²) in [4.78, 5) is 0. The van der Waals surface area contributed by atoms with E-state index in [2.05, 4.69) is 15.9 Å². The van der Waals surface area contributed by atoms with E-state index in [9.17, 15) is 0 Å². The third-order valence-corrected chi connectivity index (χ3v) is 2.28. The summed E-state index contributed by atoms with van der Waals surface area (Å²) in [6.07, 6.45) is 1.67. The second kappa shape index (κ2) is 3.15. The maximum absolute atomic E-state index is 5.30. The van der Waals surface area contributed by atoms with E-state index in [0.717, 1.165) is 15.8 Å². The van der Waals surface area contributed by atoms with Crippen molar-refractivity contribution in [2.45, 2.75) is 0 Å². The number of hydrogen-bond acceptors (Lipinski definition) is 1. The molecule has 0 saturated carbocycles. The molecule has 0 fully saturated rings. The van der Waals surface area contributed by atoms with Crippen molar-refractivity contribution in [3.63, 3.8) is 0 Å². The van der Waals surface area contributed by atoms with Crippen LogP contribution in [0.3, 0.4) is 0 Å². The van der Waals surface area contributed by atoms with Crippen LogP contribution in [0.2, 0.25) is 0 Å². The van der Waals surface area contributed by atoms with Crippen molar-refractivity contribution in [1.82, 2.24) is 0 Å². The first-order chi connectivity index (χ1) is 5.88. The van der Waals surface area contributed by atoms with Crippen LogP contribution < -0.4 is 0 Å². The van der Waals surface area contributed by atoms with Crippen molar-refractivity contribution in [3.05, 3.63) is 47.1 Å². The van der Waals surface area contributed by atoms with Crippen molar-refractivity contribution in [2.24, 2.45) is 0 Å². The zero-order chi connectivity index (χ0) is 8.39. The van der Waals surface area contributed by atoms with Gasteiger partial charge < -0.3 is 4.42 Å². The SMILES string of the molecule is Brc1ccoc1-c1ccccc1. The zero-order valence-corrected chi connectivity index (χ0v) is 7.91. The summed E-state index contributed by atoms with van der Waals surface area (Å²) in [5.41, 5.74) is 1.09. The predicted molar refractivity (Wildman–Crippen MR) is 51.8 cm³/mol. The molecule has 0 N–H and O–H groups in total. The van der Waals surface area contributed by atoms with Gasteiger partial charge in [-0.3, -0.25) is 0 Å². The van der Waals surface area contributed by atoms with Gasteiger partial charge in [-0.05, 0) is 22.0 Å². The quantitative estimate of drug-likeness (QED) is 0.718. The lowest BCUT2D eigenvalue weighted by atomic mass is 10.2. The van der Waals surface area contributed by atoms with E-state index in [1.807, 2.05) is 36.4 Å². The Kier molecular flexibility index (Phi) is 2.00. The van der Waals surface area contributed by atoms with Crippen molar-refractivity contribution in [1.29, 1.82) is 0 Å². The molecule has 0 saturated heterocycles. The molecule has 2 heteroatoms. The molecule has 0 radical (unpaired) electrons. The molecule has 1 aromatic carbocycles. The van der Waals surface area contributed by atoms with E-state index in [-0.39, 0.29) is 0 Å². The third kappa shape index (κ3) is 1.30. The normalized spacial score (nSPS) is 10.1. The minimum absolute atomic E-state index is 0.885. The van der Waals surface area contributed by atoms with Gasteiger partial charge in [-0.1, -0.05) is 30.3 Å². The maximum Gasteiger partial charge on any atom is 0.148 e. The van der Waals surface area contributed by atoms with Crippen molar-refractivity contribution in [2.75, 3.05) is 0 Å². The van der Waals surface area contributed by atoms with Gasteiger partial charge in [-0.25, -0.2) is 0 Å². The minimum atomic E-state index is 0.885. The lowest BCUT2D eigenvalue weighted by Crippen LogP contribution is -1.71. The van der Waals surface area contributed by atoms with E-state index in [1.54, 1.807) is 6.26 Å². The Labute approximate surface area is 79.2 Å². The Morgan fingerprint density at radius 3 is 2.33 bits per heavy atom. The fourth-order valence-electron chi connectivity index (χ4n) is 1.09. The molecule has 0 unspecified atom stereocenters. The van der Waals surface area contributed by atoms with Gasteiger partial charge in [0.05, 0.1) is 10.7 Å². The third-order valence-electron chi connectivity index (χ3n) is 1.65. The van der Waals surface area contributed by atoms with Crippen LogP contribution in [-0.4, -0.2) is 0 Å². The van der Waals surface area contributed by atoms with Gasteiger partial charge in [0.25, 0.3) is 0 Å². The molecule has 0 spiro atoms. The number of halogens is 1. The monoisotopic (exact) mass is 222 g/mol. The second-order valence-corrected chi connectivity index (χ2v) is 3.32.